The standard InChI is InChI=1S/C9H17NO5/c11-3-9(4-12,5-13)10-7-2-1-6(7)8(14)15/h6-7,10-13H,1-5H2,(H,14,15). The number of aliphatic hydroxyl groups is 3. The Labute approximate surface area is 87.5 Å². The lowest BCUT2D eigenvalue weighted by Crippen LogP contribution is -2.63. The first-order valence-corrected chi connectivity index (χ1v) is 4.91. The highest BCUT2D eigenvalue weighted by molar-refractivity contribution is 5.72. The molecule has 1 aliphatic carbocycles. The zero-order valence-corrected chi connectivity index (χ0v) is 8.39. The number of carboxylic acids is 1. The van der Waals surface area contributed by atoms with E-state index in [2.05, 4.69) is 5.32 Å². The van der Waals surface area contributed by atoms with Crippen molar-refractivity contribution < 1.29 is 25.2 Å². The fourth-order valence-corrected chi connectivity index (χ4v) is 1.65. The number of hydrogen-bond donors (Lipinski definition) is 5. The molecule has 0 aliphatic heterocycles. The van der Waals surface area contributed by atoms with Crippen molar-refractivity contribution in [1.82, 2.24) is 5.32 Å². The highest BCUT2D eigenvalue weighted by atomic mass is 16.4. The van der Waals surface area contributed by atoms with Crippen molar-refractivity contribution in [2.45, 2.75) is 24.4 Å². The molecule has 88 valence electrons. The monoisotopic (exact) mass is 219 g/mol. The van der Waals surface area contributed by atoms with E-state index in [-0.39, 0.29) is 6.04 Å². The van der Waals surface area contributed by atoms with Crippen molar-refractivity contribution in [3.63, 3.8) is 0 Å². The van der Waals surface area contributed by atoms with Crippen LogP contribution in [0.5, 0.6) is 0 Å². The van der Waals surface area contributed by atoms with Crippen molar-refractivity contribution in [2.75, 3.05) is 19.8 Å². The average Bonchev–Trinajstić information content (AvgIpc) is 2.18. The molecule has 6 heteroatoms. The Morgan fingerprint density at radius 3 is 2.00 bits per heavy atom. The number of nitrogens with one attached hydrogen (secondary N) is 1. The van der Waals surface area contributed by atoms with Gasteiger partial charge in [-0.05, 0) is 12.8 Å². The number of aliphatic carboxylic acids is 1. The summed E-state index contributed by atoms with van der Waals surface area (Å²) in [5.41, 5.74) is -1.18. The van der Waals surface area contributed by atoms with Gasteiger partial charge in [0.1, 0.15) is 0 Å². The third-order valence-electron chi connectivity index (χ3n) is 2.99. The van der Waals surface area contributed by atoms with Crippen LogP contribution < -0.4 is 5.32 Å². The van der Waals surface area contributed by atoms with Crippen molar-refractivity contribution in [3.05, 3.63) is 0 Å². The second-order valence-electron chi connectivity index (χ2n) is 4.03. The Hall–Kier alpha value is -0.690. The fourth-order valence-electron chi connectivity index (χ4n) is 1.65. The predicted octanol–water partition coefficient (Wildman–Crippen LogP) is -1.85. The highest BCUT2D eigenvalue weighted by Crippen LogP contribution is 2.29. The van der Waals surface area contributed by atoms with Crippen molar-refractivity contribution >= 4 is 5.97 Å². The predicted molar refractivity (Wildman–Crippen MR) is 51.3 cm³/mol. The summed E-state index contributed by atoms with van der Waals surface area (Å²) in [5.74, 6) is -1.38. The molecule has 1 aliphatic rings. The fraction of sp³-hybridized carbons (Fsp3) is 0.889. The van der Waals surface area contributed by atoms with Gasteiger partial charge in [-0.1, -0.05) is 0 Å². The molecule has 5 N–H and O–H groups in total. The summed E-state index contributed by atoms with van der Waals surface area (Å²) >= 11 is 0. The van der Waals surface area contributed by atoms with E-state index in [1.165, 1.54) is 0 Å². The summed E-state index contributed by atoms with van der Waals surface area (Å²) in [4.78, 5) is 10.7. The van der Waals surface area contributed by atoms with E-state index in [0.29, 0.717) is 12.8 Å². The first kappa shape index (κ1) is 12.4. The summed E-state index contributed by atoms with van der Waals surface area (Å²) in [6.45, 7) is -1.28. The highest BCUT2D eigenvalue weighted by Gasteiger charge is 2.41. The van der Waals surface area contributed by atoms with E-state index >= 15 is 0 Å². The van der Waals surface area contributed by atoms with Gasteiger partial charge in [0.05, 0.1) is 31.3 Å². The van der Waals surface area contributed by atoms with E-state index in [4.69, 9.17) is 20.4 Å². The average molecular weight is 219 g/mol. The van der Waals surface area contributed by atoms with Gasteiger partial charge in [-0.15, -0.1) is 0 Å². The SMILES string of the molecule is O=C(O)C1CCC1NC(CO)(CO)CO. The minimum Gasteiger partial charge on any atom is -0.481 e. The molecular formula is C9H17NO5. The number of aliphatic hydroxyl groups excluding tert-OH is 3. The van der Waals surface area contributed by atoms with E-state index in [0.717, 1.165) is 0 Å². The van der Waals surface area contributed by atoms with Crippen LogP contribution in [0.4, 0.5) is 0 Å². The smallest absolute Gasteiger partial charge is 0.308 e. The molecule has 0 heterocycles. The molecule has 0 bridgehead atoms. The number of carbonyl (C=O) groups is 1. The van der Waals surface area contributed by atoms with Gasteiger partial charge in [-0.2, -0.15) is 0 Å². The van der Waals surface area contributed by atoms with Crippen LogP contribution in [0.1, 0.15) is 12.8 Å². The van der Waals surface area contributed by atoms with Crippen LogP contribution in [-0.2, 0) is 4.79 Å². The Kier molecular flexibility index (Phi) is 4.04. The summed E-state index contributed by atoms with van der Waals surface area (Å²) in [5, 5.41) is 38.7. The van der Waals surface area contributed by atoms with Crippen LogP contribution in [-0.4, -0.2) is 57.8 Å². The van der Waals surface area contributed by atoms with Gasteiger partial charge in [-0.25, -0.2) is 0 Å². The molecule has 0 radical (unpaired) electrons. The lowest BCUT2D eigenvalue weighted by Gasteiger charge is -2.41. The van der Waals surface area contributed by atoms with Crippen molar-refractivity contribution in [1.29, 1.82) is 0 Å². The minimum absolute atomic E-state index is 0.283. The lowest BCUT2D eigenvalue weighted by atomic mass is 9.78. The Morgan fingerprint density at radius 1 is 1.20 bits per heavy atom. The lowest BCUT2D eigenvalue weighted by molar-refractivity contribution is -0.147. The van der Waals surface area contributed by atoms with E-state index in [1.54, 1.807) is 0 Å². The number of rotatable bonds is 6. The molecule has 0 amide bonds. The Balaban J connectivity index is 2.55. The number of hydrogen-bond acceptors (Lipinski definition) is 5. The molecule has 0 aromatic carbocycles. The van der Waals surface area contributed by atoms with Gasteiger partial charge in [-0.3, -0.25) is 4.79 Å². The number of carboxylic acid groups (broad SMARTS) is 1. The molecule has 0 spiro atoms. The van der Waals surface area contributed by atoms with Crippen LogP contribution in [0.15, 0.2) is 0 Å². The molecule has 0 aromatic heterocycles. The normalized spacial score (nSPS) is 26.1. The van der Waals surface area contributed by atoms with E-state index in [9.17, 15) is 4.79 Å². The molecular weight excluding hydrogens is 202 g/mol. The van der Waals surface area contributed by atoms with E-state index in [1.807, 2.05) is 0 Å². The third kappa shape index (κ3) is 2.46. The molecule has 0 aromatic rings. The van der Waals surface area contributed by atoms with Gasteiger partial charge >= 0.3 is 5.97 Å². The molecule has 15 heavy (non-hydrogen) atoms. The van der Waals surface area contributed by atoms with Crippen LogP contribution in [0.25, 0.3) is 0 Å². The summed E-state index contributed by atoms with van der Waals surface area (Å²) in [6, 6.07) is -0.283. The molecule has 0 saturated heterocycles. The van der Waals surface area contributed by atoms with Crippen LogP contribution in [0.3, 0.4) is 0 Å². The van der Waals surface area contributed by atoms with Gasteiger partial charge in [0.25, 0.3) is 0 Å². The summed E-state index contributed by atoms with van der Waals surface area (Å²) in [6.07, 6.45) is 1.27. The first-order chi connectivity index (χ1) is 7.08. The molecule has 1 rings (SSSR count). The van der Waals surface area contributed by atoms with Crippen LogP contribution in [0.2, 0.25) is 0 Å². The largest absolute Gasteiger partial charge is 0.481 e. The zero-order chi connectivity index (χ0) is 11.5. The maximum Gasteiger partial charge on any atom is 0.308 e. The Morgan fingerprint density at radius 2 is 1.73 bits per heavy atom. The summed E-state index contributed by atoms with van der Waals surface area (Å²) in [7, 11) is 0. The summed E-state index contributed by atoms with van der Waals surface area (Å²) < 4.78 is 0. The van der Waals surface area contributed by atoms with Gasteiger partial charge in [0.2, 0.25) is 0 Å². The third-order valence-corrected chi connectivity index (χ3v) is 2.99. The second-order valence-corrected chi connectivity index (χ2v) is 4.03. The Bertz CT molecular complexity index is 220. The zero-order valence-electron chi connectivity index (χ0n) is 8.39. The van der Waals surface area contributed by atoms with Crippen molar-refractivity contribution in [3.8, 4) is 0 Å². The van der Waals surface area contributed by atoms with Crippen molar-refractivity contribution in [2.24, 2.45) is 5.92 Å². The van der Waals surface area contributed by atoms with E-state index < -0.39 is 37.2 Å². The quantitative estimate of drug-likeness (QED) is 0.359. The van der Waals surface area contributed by atoms with Gasteiger partial charge in [0, 0.05) is 6.04 Å². The maximum absolute atomic E-state index is 10.7. The van der Waals surface area contributed by atoms with Crippen LogP contribution >= 0.6 is 0 Å². The molecule has 2 unspecified atom stereocenters. The van der Waals surface area contributed by atoms with Crippen LogP contribution in [0, 0.1) is 5.92 Å². The van der Waals surface area contributed by atoms with Gasteiger partial charge in [0.15, 0.2) is 0 Å². The second kappa shape index (κ2) is 4.89. The minimum atomic E-state index is -1.18. The first-order valence-electron chi connectivity index (χ1n) is 4.91. The molecule has 2 atom stereocenters. The topological polar surface area (TPSA) is 110 Å². The maximum atomic E-state index is 10.7. The molecule has 1 fully saturated rings. The van der Waals surface area contributed by atoms with Gasteiger partial charge < -0.3 is 25.7 Å². The molecule has 6 nitrogen and oxygen atoms in total. The molecule has 1 saturated carbocycles.